The van der Waals surface area contributed by atoms with Gasteiger partial charge in [0.25, 0.3) is 0 Å². The molecule has 2 heterocycles. The van der Waals surface area contributed by atoms with Crippen molar-refractivity contribution in [1.29, 1.82) is 0 Å². The Bertz CT molecular complexity index is 305. The van der Waals surface area contributed by atoms with Crippen molar-refractivity contribution in [2.24, 2.45) is 5.92 Å². The summed E-state index contributed by atoms with van der Waals surface area (Å²) in [6, 6.07) is 1.26. The van der Waals surface area contributed by atoms with Gasteiger partial charge in [-0.05, 0) is 44.7 Å². The lowest BCUT2D eigenvalue weighted by atomic mass is 10.0. The van der Waals surface area contributed by atoms with Crippen LogP contribution >= 0.6 is 0 Å². The van der Waals surface area contributed by atoms with Gasteiger partial charge in [0.15, 0.2) is 0 Å². The maximum atomic E-state index is 11.3. The van der Waals surface area contributed by atoms with Gasteiger partial charge in [-0.1, -0.05) is 13.8 Å². The van der Waals surface area contributed by atoms with Gasteiger partial charge in [0.05, 0.1) is 0 Å². The number of nitrogens with one attached hydrogen (secondary N) is 1. The van der Waals surface area contributed by atoms with Crippen molar-refractivity contribution in [3.05, 3.63) is 0 Å². The lowest BCUT2D eigenvalue weighted by Crippen LogP contribution is -2.50. The van der Waals surface area contributed by atoms with E-state index in [1.54, 1.807) is 6.92 Å². The third-order valence-electron chi connectivity index (χ3n) is 4.94. The van der Waals surface area contributed by atoms with Gasteiger partial charge >= 0.3 is 0 Å². The van der Waals surface area contributed by atoms with E-state index in [1.165, 1.54) is 25.9 Å². The molecule has 1 unspecified atom stereocenters. The van der Waals surface area contributed by atoms with E-state index < -0.39 is 0 Å². The molecule has 0 saturated carbocycles. The summed E-state index contributed by atoms with van der Waals surface area (Å²) in [4.78, 5) is 16.0. The SMILES string of the molecule is CC(=O)N1CCC(NCC(C(C)C)N2CCCC2)CC1. The summed E-state index contributed by atoms with van der Waals surface area (Å²) in [5, 5.41) is 3.76. The molecule has 116 valence electrons. The van der Waals surface area contributed by atoms with Crippen LogP contribution in [-0.2, 0) is 4.79 Å². The van der Waals surface area contributed by atoms with Gasteiger partial charge in [0, 0.05) is 38.6 Å². The highest BCUT2D eigenvalue weighted by Gasteiger charge is 2.26. The number of nitrogens with zero attached hydrogens (tertiary/aromatic N) is 2. The molecule has 2 rings (SSSR count). The molecule has 0 aliphatic carbocycles. The molecule has 4 heteroatoms. The van der Waals surface area contributed by atoms with Crippen molar-refractivity contribution in [2.75, 3.05) is 32.7 Å². The molecule has 2 saturated heterocycles. The minimum absolute atomic E-state index is 0.223. The number of piperidine rings is 1. The van der Waals surface area contributed by atoms with Crippen molar-refractivity contribution in [1.82, 2.24) is 15.1 Å². The minimum atomic E-state index is 0.223. The Hall–Kier alpha value is -0.610. The van der Waals surface area contributed by atoms with Gasteiger partial charge in [-0.25, -0.2) is 0 Å². The van der Waals surface area contributed by atoms with Crippen LogP contribution in [0.15, 0.2) is 0 Å². The second-order valence-electron chi connectivity index (χ2n) is 6.74. The van der Waals surface area contributed by atoms with E-state index in [1.807, 2.05) is 4.90 Å². The highest BCUT2D eigenvalue weighted by Crippen LogP contribution is 2.18. The molecule has 20 heavy (non-hydrogen) atoms. The third-order valence-corrected chi connectivity index (χ3v) is 4.94. The first-order valence-electron chi connectivity index (χ1n) is 8.31. The standard InChI is InChI=1S/C16H31N3O/c1-13(2)16(19-8-4-5-9-19)12-17-15-6-10-18(11-7-15)14(3)20/h13,15-17H,4-12H2,1-3H3. The number of hydrogen-bond donors (Lipinski definition) is 1. The number of hydrogen-bond acceptors (Lipinski definition) is 3. The zero-order chi connectivity index (χ0) is 14.5. The number of rotatable bonds is 5. The maximum absolute atomic E-state index is 11.3. The lowest BCUT2D eigenvalue weighted by molar-refractivity contribution is -0.129. The molecule has 0 radical (unpaired) electrons. The van der Waals surface area contributed by atoms with Crippen LogP contribution < -0.4 is 5.32 Å². The van der Waals surface area contributed by atoms with E-state index in [0.29, 0.717) is 18.0 Å². The van der Waals surface area contributed by atoms with Crippen LogP contribution in [0.1, 0.15) is 46.5 Å². The summed E-state index contributed by atoms with van der Waals surface area (Å²) in [6.45, 7) is 11.8. The Morgan fingerprint density at radius 1 is 1.15 bits per heavy atom. The van der Waals surface area contributed by atoms with Crippen molar-refractivity contribution in [2.45, 2.75) is 58.5 Å². The summed E-state index contributed by atoms with van der Waals surface area (Å²) in [5.41, 5.74) is 0. The quantitative estimate of drug-likeness (QED) is 0.833. The Balaban J connectivity index is 1.74. The summed E-state index contributed by atoms with van der Waals surface area (Å²) in [7, 11) is 0. The van der Waals surface area contributed by atoms with E-state index in [0.717, 1.165) is 32.5 Å². The number of likely N-dealkylation sites (tertiary alicyclic amines) is 2. The predicted molar refractivity (Wildman–Crippen MR) is 82.7 cm³/mol. The Labute approximate surface area is 123 Å². The van der Waals surface area contributed by atoms with E-state index in [-0.39, 0.29) is 5.91 Å². The van der Waals surface area contributed by atoms with Gasteiger partial charge in [-0.2, -0.15) is 0 Å². The van der Waals surface area contributed by atoms with Gasteiger partial charge in [0.1, 0.15) is 0 Å². The summed E-state index contributed by atoms with van der Waals surface area (Å²) >= 11 is 0. The van der Waals surface area contributed by atoms with E-state index in [2.05, 4.69) is 24.1 Å². The predicted octanol–water partition coefficient (Wildman–Crippen LogP) is 1.71. The van der Waals surface area contributed by atoms with Crippen molar-refractivity contribution < 1.29 is 4.79 Å². The normalized spacial score (nSPS) is 23.5. The van der Waals surface area contributed by atoms with Crippen LogP contribution in [-0.4, -0.2) is 60.5 Å². The second kappa shape index (κ2) is 7.41. The molecule has 0 spiro atoms. The molecule has 1 atom stereocenters. The Kier molecular flexibility index (Phi) is 5.85. The van der Waals surface area contributed by atoms with Crippen LogP contribution in [0.3, 0.4) is 0 Å². The average Bonchev–Trinajstić information content (AvgIpc) is 2.93. The molecular weight excluding hydrogens is 250 g/mol. The summed E-state index contributed by atoms with van der Waals surface area (Å²) in [5.74, 6) is 0.929. The van der Waals surface area contributed by atoms with Crippen molar-refractivity contribution >= 4 is 5.91 Å². The van der Waals surface area contributed by atoms with Gasteiger partial charge in [-0.15, -0.1) is 0 Å². The second-order valence-corrected chi connectivity index (χ2v) is 6.74. The molecule has 1 amide bonds. The lowest BCUT2D eigenvalue weighted by Gasteiger charge is -2.35. The largest absolute Gasteiger partial charge is 0.343 e. The highest BCUT2D eigenvalue weighted by molar-refractivity contribution is 5.73. The molecular formula is C16H31N3O. The zero-order valence-corrected chi connectivity index (χ0v) is 13.4. The van der Waals surface area contributed by atoms with Crippen LogP contribution in [0.5, 0.6) is 0 Å². The van der Waals surface area contributed by atoms with Crippen LogP contribution in [0.4, 0.5) is 0 Å². The fourth-order valence-electron chi connectivity index (χ4n) is 3.55. The van der Waals surface area contributed by atoms with Gasteiger partial charge in [-0.3, -0.25) is 9.69 Å². The van der Waals surface area contributed by atoms with Gasteiger partial charge in [0.2, 0.25) is 5.91 Å². The fourth-order valence-corrected chi connectivity index (χ4v) is 3.55. The maximum Gasteiger partial charge on any atom is 0.219 e. The molecule has 2 fully saturated rings. The Morgan fingerprint density at radius 3 is 2.25 bits per heavy atom. The minimum Gasteiger partial charge on any atom is -0.343 e. The molecule has 1 N–H and O–H groups in total. The highest BCUT2D eigenvalue weighted by atomic mass is 16.2. The monoisotopic (exact) mass is 281 g/mol. The summed E-state index contributed by atoms with van der Waals surface area (Å²) < 4.78 is 0. The van der Waals surface area contributed by atoms with E-state index in [4.69, 9.17) is 0 Å². The number of carbonyl (C=O) groups is 1. The fraction of sp³-hybridized carbons (Fsp3) is 0.938. The van der Waals surface area contributed by atoms with Crippen molar-refractivity contribution in [3.8, 4) is 0 Å². The Morgan fingerprint density at radius 2 is 1.75 bits per heavy atom. The molecule has 0 aromatic heterocycles. The molecule has 2 aliphatic rings. The molecule has 4 nitrogen and oxygen atoms in total. The number of amides is 1. The topological polar surface area (TPSA) is 35.6 Å². The van der Waals surface area contributed by atoms with E-state index >= 15 is 0 Å². The van der Waals surface area contributed by atoms with Gasteiger partial charge < -0.3 is 10.2 Å². The first-order valence-corrected chi connectivity index (χ1v) is 8.31. The molecule has 0 aromatic carbocycles. The smallest absolute Gasteiger partial charge is 0.219 e. The van der Waals surface area contributed by atoms with Crippen LogP contribution in [0.25, 0.3) is 0 Å². The third kappa shape index (κ3) is 4.19. The summed E-state index contributed by atoms with van der Waals surface area (Å²) in [6.07, 6.45) is 4.93. The number of carbonyl (C=O) groups excluding carboxylic acids is 1. The average molecular weight is 281 g/mol. The van der Waals surface area contributed by atoms with Crippen LogP contribution in [0.2, 0.25) is 0 Å². The van der Waals surface area contributed by atoms with E-state index in [9.17, 15) is 4.79 Å². The molecule has 0 bridgehead atoms. The molecule has 2 aliphatic heterocycles. The van der Waals surface area contributed by atoms with Crippen LogP contribution in [0, 0.1) is 5.92 Å². The first kappa shape index (κ1) is 15.8. The van der Waals surface area contributed by atoms with Crippen molar-refractivity contribution in [3.63, 3.8) is 0 Å². The first-order chi connectivity index (χ1) is 9.58. The molecule has 0 aromatic rings. The zero-order valence-electron chi connectivity index (χ0n) is 13.4.